The number of benzene rings is 1. The van der Waals surface area contributed by atoms with Crippen molar-refractivity contribution in [3.05, 3.63) is 34.3 Å². The number of carboxylic acid groups (broad SMARTS) is 1. The molecule has 0 aliphatic carbocycles. The standard InChI is InChI=1S/C12H9ClO3/c1-8(14)10-6-5-9(7-11(10)13)3-2-4-12(15)16/h5-7H,4H2,1H3,(H,15,16). The second-order valence-corrected chi connectivity index (χ2v) is 3.53. The van der Waals surface area contributed by atoms with Crippen molar-refractivity contribution < 1.29 is 14.7 Å². The molecule has 0 saturated heterocycles. The number of carbonyl (C=O) groups is 2. The Morgan fingerprint density at radius 2 is 2.12 bits per heavy atom. The smallest absolute Gasteiger partial charge is 0.315 e. The largest absolute Gasteiger partial charge is 0.481 e. The van der Waals surface area contributed by atoms with Crippen LogP contribution in [0.25, 0.3) is 0 Å². The van der Waals surface area contributed by atoms with Gasteiger partial charge in [-0.15, -0.1) is 0 Å². The van der Waals surface area contributed by atoms with Gasteiger partial charge in [-0.2, -0.15) is 0 Å². The predicted molar refractivity (Wildman–Crippen MR) is 60.6 cm³/mol. The van der Waals surface area contributed by atoms with Gasteiger partial charge in [0.25, 0.3) is 0 Å². The molecule has 0 atom stereocenters. The van der Waals surface area contributed by atoms with Crippen LogP contribution in [0.15, 0.2) is 18.2 Å². The summed E-state index contributed by atoms with van der Waals surface area (Å²) in [6.07, 6.45) is -0.216. The normalized spacial score (nSPS) is 9.12. The predicted octanol–water partition coefficient (Wildman–Crippen LogP) is 2.37. The summed E-state index contributed by atoms with van der Waals surface area (Å²) < 4.78 is 0. The Balaban J connectivity index is 2.92. The molecule has 3 nitrogen and oxygen atoms in total. The molecule has 1 aromatic carbocycles. The Morgan fingerprint density at radius 1 is 1.44 bits per heavy atom. The third kappa shape index (κ3) is 3.41. The van der Waals surface area contributed by atoms with Crippen LogP contribution in [-0.4, -0.2) is 16.9 Å². The zero-order valence-electron chi connectivity index (χ0n) is 8.58. The molecule has 0 aliphatic rings. The van der Waals surface area contributed by atoms with Crippen molar-refractivity contribution >= 4 is 23.4 Å². The topological polar surface area (TPSA) is 54.4 Å². The van der Waals surface area contributed by atoms with Crippen LogP contribution >= 0.6 is 11.6 Å². The molecule has 1 N–H and O–H groups in total. The van der Waals surface area contributed by atoms with Crippen LogP contribution in [0.5, 0.6) is 0 Å². The minimum Gasteiger partial charge on any atom is -0.481 e. The summed E-state index contributed by atoms with van der Waals surface area (Å²) in [5.41, 5.74) is 1.03. The van der Waals surface area contributed by atoms with E-state index in [1.165, 1.54) is 6.92 Å². The summed E-state index contributed by atoms with van der Waals surface area (Å²) >= 11 is 5.86. The van der Waals surface area contributed by atoms with Crippen LogP contribution in [0.1, 0.15) is 29.3 Å². The van der Waals surface area contributed by atoms with E-state index in [2.05, 4.69) is 11.8 Å². The van der Waals surface area contributed by atoms with Gasteiger partial charge < -0.3 is 5.11 Å². The molecule has 0 bridgehead atoms. The van der Waals surface area contributed by atoms with E-state index in [9.17, 15) is 9.59 Å². The summed E-state index contributed by atoms with van der Waals surface area (Å²) in [7, 11) is 0. The summed E-state index contributed by atoms with van der Waals surface area (Å²) in [5.74, 6) is 4.05. The first-order chi connectivity index (χ1) is 7.50. The molecular weight excluding hydrogens is 228 g/mol. The lowest BCUT2D eigenvalue weighted by atomic mass is 10.1. The Kier molecular flexibility index (Phi) is 4.10. The van der Waals surface area contributed by atoms with Crippen molar-refractivity contribution in [1.29, 1.82) is 0 Å². The number of Topliss-reactive ketones (excluding diaryl/α,β-unsaturated/α-hetero) is 1. The van der Waals surface area contributed by atoms with Crippen molar-refractivity contribution in [3.8, 4) is 11.8 Å². The van der Waals surface area contributed by atoms with Crippen LogP contribution in [0.3, 0.4) is 0 Å². The third-order valence-electron chi connectivity index (χ3n) is 1.82. The first-order valence-corrected chi connectivity index (χ1v) is 4.89. The van der Waals surface area contributed by atoms with Crippen LogP contribution in [0, 0.1) is 11.8 Å². The van der Waals surface area contributed by atoms with Crippen molar-refractivity contribution in [3.63, 3.8) is 0 Å². The maximum atomic E-state index is 11.1. The SMILES string of the molecule is CC(=O)c1ccc(C#CCC(=O)O)cc1Cl. The molecular formula is C12H9ClO3. The number of carbonyl (C=O) groups excluding carboxylic acids is 1. The monoisotopic (exact) mass is 236 g/mol. The molecule has 1 aromatic rings. The first-order valence-electron chi connectivity index (χ1n) is 4.52. The summed E-state index contributed by atoms with van der Waals surface area (Å²) in [6, 6.07) is 4.76. The fourth-order valence-electron chi connectivity index (χ4n) is 1.10. The maximum absolute atomic E-state index is 11.1. The fourth-order valence-corrected chi connectivity index (χ4v) is 1.41. The van der Waals surface area contributed by atoms with E-state index in [1.54, 1.807) is 18.2 Å². The number of carboxylic acids is 1. The molecule has 1 rings (SSSR count). The number of halogens is 1. The van der Waals surface area contributed by atoms with Gasteiger partial charge in [-0.1, -0.05) is 23.4 Å². The van der Waals surface area contributed by atoms with Gasteiger partial charge in [0.2, 0.25) is 0 Å². The van der Waals surface area contributed by atoms with Crippen LogP contribution in [-0.2, 0) is 4.79 Å². The van der Waals surface area contributed by atoms with Gasteiger partial charge in [0, 0.05) is 11.1 Å². The molecule has 4 heteroatoms. The lowest BCUT2D eigenvalue weighted by Crippen LogP contribution is -1.93. The van der Waals surface area contributed by atoms with Crippen molar-refractivity contribution in [2.24, 2.45) is 0 Å². The number of hydrogen-bond acceptors (Lipinski definition) is 2. The lowest BCUT2D eigenvalue weighted by molar-refractivity contribution is -0.135. The second kappa shape index (κ2) is 5.34. The van der Waals surface area contributed by atoms with E-state index >= 15 is 0 Å². The zero-order chi connectivity index (χ0) is 12.1. The zero-order valence-corrected chi connectivity index (χ0v) is 9.34. The fraction of sp³-hybridized carbons (Fsp3) is 0.167. The van der Waals surface area contributed by atoms with Crippen molar-refractivity contribution in [2.75, 3.05) is 0 Å². The summed E-state index contributed by atoms with van der Waals surface area (Å²) in [4.78, 5) is 21.3. The molecule has 0 aromatic heterocycles. The molecule has 0 radical (unpaired) electrons. The van der Waals surface area contributed by atoms with E-state index in [-0.39, 0.29) is 12.2 Å². The van der Waals surface area contributed by atoms with E-state index in [0.717, 1.165) is 0 Å². The van der Waals surface area contributed by atoms with Gasteiger partial charge in [0.05, 0.1) is 5.02 Å². The molecule has 82 valence electrons. The number of rotatable bonds is 2. The van der Waals surface area contributed by atoms with Gasteiger partial charge >= 0.3 is 5.97 Å². The summed E-state index contributed by atoms with van der Waals surface area (Å²) in [5, 5.41) is 8.72. The third-order valence-corrected chi connectivity index (χ3v) is 2.13. The molecule has 16 heavy (non-hydrogen) atoms. The molecule has 0 amide bonds. The average molecular weight is 237 g/mol. The van der Waals surface area contributed by atoms with Crippen LogP contribution in [0.4, 0.5) is 0 Å². The molecule has 0 aliphatic heterocycles. The Morgan fingerprint density at radius 3 is 2.62 bits per heavy atom. The maximum Gasteiger partial charge on any atom is 0.315 e. The van der Waals surface area contributed by atoms with E-state index < -0.39 is 5.97 Å². The number of hydrogen-bond donors (Lipinski definition) is 1. The van der Waals surface area contributed by atoms with E-state index in [0.29, 0.717) is 16.1 Å². The van der Waals surface area contributed by atoms with Crippen molar-refractivity contribution in [2.45, 2.75) is 13.3 Å². The first kappa shape index (κ1) is 12.3. The number of ketones is 1. The van der Waals surface area contributed by atoms with Crippen LogP contribution in [0.2, 0.25) is 5.02 Å². The highest BCUT2D eigenvalue weighted by molar-refractivity contribution is 6.33. The highest BCUT2D eigenvalue weighted by Crippen LogP contribution is 2.17. The minimum atomic E-state index is -0.973. The van der Waals surface area contributed by atoms with Gasteiger partial charge in [0.1, 0.15) is 6.42 Å². The number of aliphatic carboxylic acids is 1. The molecule has 0 fully saturated rings. The summed E-state index contributed by atoms with van der Waals surface area (Å²) in [6.45, 7) is 1.43. The Hall–Kier alpha value is -1.79. The van der Waals surface area contributed by atoms with E-state index in [4.69, 9.17) is 16.7 Å². The molecule has 0 unspecified atom stereocenters. The molecule has 0 heterocycles. The lowest BCUT2D eigenvalue weighted by Gasteiger charge is -1.99. The van der Waals surface area contributed by atoms with Gasteiger partial charge in [-0.05, 0) is 25.1 Å². The Labute approximate surface area is 98.0 Å². The van der Waals surface area contributed by atoms with Gasteiger partial charge in [-0.3, -0.25) is 9.59 Å². The van der Waals surface area contributed by atoms with Gasteiger partial charge in [-0.25, -0.2) is 0 Å². The highest BCUT2D eigenvalue weighted by Gasteiger charge is 2.04. The average Bonchev–Trinajstić information content (AvgIpc) is 2.16. The minimum absolute atomic E-state index is 0.116. The van der Waals surface area contributed by atoms with Gasteiger partial charge in [0.15, 0.2) is 5.78 Å². The second-order valence-electron chi connectivity index (χ2n) is 3.12. The van der Waals surface area contributed by atoms with Crippen molar-refractivity contribution in [1.82, 2.24) is 0 Å². The van der Waals surface area contributed by atoms with Crippen LogP contribution < -0.4 is 0 Å². The quantitative estimate of drug-likeness (QED) is 0.634. The highest BCUT2D eigenvalue weighted by atomic mass is 35.5. The van der Waals surface area contributed by atoms with E-state index in [1.807, 2.05) is 0 Å². The Bertz CT molecular complexity index is 495. The molecule has 0 saturated carbocycles. The molecule has 0 spiro atoms.